The van der Waals surface area contributed by atoms with Gasteiger partial charge in [0.15, 0.2) is 0 Å². The van der Waals surface area contributed by atoms with Crippen molar-refractivity contribution in [2.45, 2.75) is 36.9 Å². The number of thioether (sulfide) groups is 1. The molecule has 0 spiro atoms. The molecule has 12 heteroatoms. The Morgan fingerprint density at radius 3 is 2.40 bits per heavy atom. The number of hydrogen-bond acceptors (Lipinski definition) is 5. The zero-order valence-corrected chi connectivity index (χ0v) is 17.8. The second-order valence-corrected chi connectivity index (χ2v) is 9.50. The Bertz CT molecular complexity index is 986. The first-order valence-corrected chi connectivity index (χ1v) is 11.8. The maximum absolute atomic E-state index is 11.9. The van der Waals surface area contributed by atoms with Gasteiger partial charge >= 0.3 is 19.5 Å². The van der Waals surface area contributed by atoms with Crippen LogP contribution in [0, 0.1) is 0 Å². The van der Waals surface area contributed by atoms with E-state index in [9.17, 15) is 29.2 Å². The van der Waals surface area contributed by atoms with E-state index in [1.54, 1.807) is 30.5 Å². The van der Waals surface area contributed by atoms with Gasteiger partial charge in [-0.3, -0.25) is 9.36 Å². The van der Waals surface area contributed by atoms with Crippen molar-refractivity contribution in [2.75, 3.05) is 11.9 Å². The summed E-state index contributed by atoms with van der Waals surface area (Å²) in [4.78, 5) is 52.7. The Morgan fingerprint density at radius 2 is 1.83 bits per heavy atom. The number of carbonyl (C=O) groups excluding carboxylic acids is 1. The van der Waals surface area contributed by atoms with Crippen LogP contribution in [0.2, 0.25) is 0 Å². The van der Waals surface area contributed by atoms with Gasteiger partial charge in [-0.2, -0.15) is 0 Å². The van der Waals surface area contributed by atoms with Crippen molar-refractivity contribution in [2.24, 2.45) is 0 Å². The molecule has 1 aromatic carbocycles. The summed E-state index contributed by atoms with van der Waals surface area (Å²) >= 11 is 1.10. The highest BCUT2D eigenvalue weighted by Gasteiger charge is 2.26. The van der Waals surface area contributed by atoms with E-state index in [-0.39, 0.29) is 18.6 Å². The second-order valence-electron chi connectivity index (χ2n) is 6.72. The van der Waals surface area contributed by atoms with E-state index in [1.165, 1.54) is 11.5 Å². The van der Waals surface area contributed by atoms with Gasteiger partial charge in [0.25, 0.3) is 0 Å². The lowest BCUT2D eigenvalue weighted by atomic mass is 10.1. The number of aromatic nitrogens is 1. The molecule has 0 saturated heterocycles. The number of nitrogens with one attached hydrogen (secondary N) is 1. The minimum atomic E-state index is -4.25. The third-order valence-electron chi connectivity index (χ3n) is 4.31. The lowest BCUT2D eigenvalue weighted by molar-refractivity contribution is -0.141. The van der Waals surface area contributed by atoms with Crippen LogP contribution in [-0.4, -0.2) is 60.4 Å². The van der Waals surface area contributed by atoms with Gasteiger partial charge in [0, 0.05) is 35.8 Å². The van der Waals surface area contributed by atoms with Crippen LogP contribution >= 0.6 is 19.4 Å². The van der Waals surface area contributed by atoms with Crippen LogP contribution < -0.4 is 5.32 Å². The fourth-order valence-electron chi connectivity index (χ4n) is 2.99. The maximum Gasteiger partial charge on any atom is 0.327 e. The summed E-state index contributed by atoms with van der Waals surface area (Å²) in [6, 6.07) is 4.86. The molecule has 0 aliphatic carbocycles. The molecule has 0 aliphatic heterocycles. The van der Waals surface area contributed by atoms with Gasteiger partial charge in [-0.05, 0) is 12.8 Å². The van der Waals surface area contributed by atoms with Crippen LogP contribution in [0.5, 0.6) is 0 Å². The lowest BCUT2D eigenvalue weighted by Gasteiger charge is -2.19. The van der Waals surface area contributed by atoms with Crippen molar-refractivity contribution >= 4 is 48.0 Å². The molecule has 0 bridgehead atoms. The largest absolute Gasteiger partial charge is 0.480 e. The minimum absolute atomic E-state index is 0.00349. The first-order chi connectivity index (χ1) is 14.0. The fourth-order valence-corrected chi connectivity index (χ4v) is 4.81. The molecule has 1 aromatic heterocycles. The van der Waals surface area contributed by atoms with E-state index in [1.807, 2.05) is 0 Å². The quantitative estimate of drug-likeness (QED) is 0.250. The summed E-state index contributed by atoms with van der Waals surface area (Å²) < 4.78 is 12.6. The van der Waals surface area contributed by atoms with E-state index < -0.39 is 43.7 Å². The second kappa shape index (κ2) is 10.1. The summed E-state index contributed by atoms with van der Waals surface area (Å²) in [6.07, 6.45) is 1.19. The number of hydrogen-bond donors (Lipinski definition) is 5. The average Bonchev–Trinajstić information content (AvgIpc) is 2.98. The molecule has 1 heterocycles. The molecule has 0 fully saturated rings. The van der Waals surface area contributed by atoms with Crippen molar-refractivity contribution in [3.63, 3.8) is 0 Å². The van der Waals surface area contributed by atoms with Gasteiger partial charge in [0.05, 0.1) is 5.03 Å². The molecule has 2 rings (SSSR count). The summed E-state index contributed by atoms with van der Waals surface area (Å²) in [5.74, 6) is -2.90. The van der Waals surface area contributed by atoms with Crippen molar-refractivity contribution < 1.29 is 38.9 Å². The Kier molecular flexibility index (Phi) is 8.08. The molecule has 2 atom stereocenters. The first-order valence-electron chi connectivity index (χ1n) is 8.99. The number of benzene rings is 1. The van der Waals surface area contributed by atoms with Crippen molar-refractivity contribution in [3.8, 4) is 0 Å². The van der Waals surface area contributed by atoms with Gasteiger partial charge in [0.1, 0.15) is 12.1 Å². The Balaban J connectivity index is 2.36. The fraction of sp³-hybridized carbons (Fsp3) is 0.389. The van der Waals surface area contributed by atoms with Crippen LogP contribution in [0.15, 0.2) is 35.5 Å². The topological polar surface area (TPSA) is 166 Å². The molecule has 0 saturated carbocycles. The molecule has 5 N–H and O–H groups in total. The van der Waals surface area contributed by atoms with Crippen LogP contribution in [0.4, 0.5) is 0 Å². The monoisotopic (exact) mass is 458 g/mol. The van der Waals surface area contributed by atoms with E-state index in [4.69, 9.17) is 9.79 Å². The number of nitrogens with zero attached hydrogens (tertiary/aromatic N) is 1. The molecule has 0 aliphatic rings. The van der Waals surface area contributed by atoms with Crippen LogP contribution in [-0.2, 0) is 18.9 Å². The Hall–Kier alpha value is -2.33. The highest BCUT2D eigenvalue weighted by Crippen LogP contribution is 2.38. The molecular formula is C18H23N2O8PS. The number of aliphatic carboxylic acids is 2. The smallest absolute Gasteiger partial charge is 0.327 e. The van der Waals surface area contributed by atoms with Crippen molar-refractivity contribution in [1.82, 2.24) is 9.88 Å². The van der Waals surface area contributed by atoms with Gasteiger partial charge in [-0.25, -0.2) is 9.59 Å². The molecule has 164 valence electrons. The standard InChI is InChI=1S/C18H23N2O8PS/c1-11(21)19-14(17(22)23)10-30-16-13-6-3-2-5-12(13)9-20(16)15(18(24)25)7-4-8-29(26,27)28/h2-3,5-6,9,14-15H,4,7-8,10H2,1H3,(H,19,21)(H,22,23)(H,24,25)(H2,26,27,28)/t14-,15?/m0/s1. The summed E-state index contributed by atoms with van der Waals surface area (Å²) in [5, 5.41) is 23.3. The average molecular weight is 458 g/mol. The third kappa shape index (κ3) is 6.60. The highest BCUT2D eigenvalue weighted by molar-refractivity contribution is 7.99. The number of amides is 1. The summed E-state index contributed by atoms with van der Waals surface area (Å²) in [6.45, 7) is 1.21. The predicted octanol–water partition coefficient (Wildman–Crippen LogP) is 1.91. The third-order valence-corrected chi connectivity index (χ3v) is 6.42. The van der Waals surface area contributed by atoms with Gasteiger partial charge < -0.3 is 29.9 Å². The zero-order chi connectivity index (χ0) is 22.5. The molecule has 30 heavy (non-hydrogen) atoms. The number of carbonyl (C=O) groups is 3. The lowest BCUT2D eigenvalue weighted by Crippen LogP contribution is -2.41. The SMILES string of the molecule is CC(=O)N[C@@H](CSc1c2ccccc2cn1C(CCCP(=O)(O)O)C(=O)O)C(=O)O. The van der Waals surface area contributed by atoms with E-state index in [0.29, 0.717) is 5.03 Å². The Morgan fingerprint density at radius 1 is 1.17 bits per heavy atom. The van der Waals surface area contributed by atoms with Gasteiger partial charge in [-0.1, -0.05) is 24.3 Å². The number of carboxylic acids is 2. The molecule has 1 unspecified atom stereocenters. The molecule has 10 nitrogen and oxygen atoms in total. The molecule has 1 amide bonds. The van der Waals surface area contributed by atoms with Crippen LogP contribution in [0.25, 0.3) is 10.8 Å². The number of rotatable bonds is 11. The van der Waals surface area contributed by atoms with Crippen LogP contribution in [0.1, 0.15) is 25.8 Å². The van der Waals surface area contributed by atoms with Gasteiger partial charge in [0.2, 0.25) is 5.91 Å². The Labute approximate surface area is 176 Å². The van der Waals surface area contributed by atoms with Crippen molar-refractivity contribution in [1.29, 1.82) is 0 Å². The number of carboxylic acid groups (broad SMARTS) is 2. The number of fused-ring (bicyclic) bond motifs is 1. The normalized spacial score (nSPS) is 13.7. The molecule has 0 radical (unpaired) electrons. The highest BCUT2D eigenvalue weighted by atomic mass is 32.2. The van der Waals surface area contributed by atoms with Crippen LogP contribution in [0.3, 0.4) is 0 Å². The van der Waals surface area contributed by atoms with E-state index in [0.717, 1.165) is 22.5 Å². The zero-order valence-electron chi connectivity index (χ0n) is 16.1. The van der Waals surface area contributed by atoms with Gasteiger partial charge in [-0.15, -0.1) is 11.8 Å². The molecular weight excluding hydrogens is 435 g/mol. The van der Waals surface area contributed by atoms with Crippen molar-refractivity contribution in [3.05, 3.63) is 30.5 Å². The summed E-state index contributed by atoms with van der Waals surface area (Å²) in [5.41, 5.74) is 0. The van der Waals surface area contributed by atoms with E-state index in [2.05, 4.69) is 5.32 Å². The predicted molar refractivity (Wildman–Crippen MR) is 111 cm³/mol. The van der Waals surface area contributed by atoms with E-state index >= 15 is 0 Å². The minimum Gasteiger partial charge on any atom is -0.480 e. The maximum atomic E-state index is 11.9. The summed E-state index contributed by atoms with van der Waals surface area (Å²) in [7, 11) is -4.25. The first kappa shape index (κ1) is 23.9. The molecule has 2 aromatic rings.